The van der Waals surface area contributed by atoms with Gasteiger partial charge < -0.3 is 9.64 Å². The van der Waals surface area contributed by atoms with Crippen molar-refractivity contribution in [1.82, 2.24) is 14.8 Å². The first-order chi connectivity index (χ1) is 14.0. The van der Waals surface area contributed by atoms with E-state index in [1.165, 1.54) is 5.56 Å². The normalized spacial score (nSPS) is 19.9. The Kier molecular flexibility index (Phi) is 5.97. The van der Waals surface area contributed by atoms with Gasteiger partial charge in [-0.15, -0.1) is 0 Å². The molecule has 2 aliphatic heterocycles. The molecule has 1 spiro atoms. The minimum atomic E-state index is 0.142. The summed E-state index contributed by atoms with van der Waals surface area (Å²) in [5.74, 6) is 0.162. The topological polar surface area (TPSA) is 45.7 Å². The van der Waals surface area contributed by atoms with E-state index in [4.69, 9.17) is 4.74 Å². The third kappa shape index (κ3) is 4.85. The van der Waals surface area contributed by atoms with Crippen LogP contribution in [0.15, 0.2) is 42.7 Å². The molecule has 0 atom stereocenters. The number of benzene rings is 1. The summed E-state index contributed by atoms with van der Waals surface area (Å²) in [7, 11) is 0. The zero-order chi connectivity index (χ0) is 20.3. The van der Waals surface area contributed by atoms with Crippen molar-refractivity contribution in [2.45, 2.75) is 33.2 Å². The number of piperidine rings is 1. The molecule has 1 amide bonds. The lowest BCUT2D eigenvalue weighted by Gasteiger charge is -2.42. The van der Waals surface area contributed by atoms with Gasteiger partial charge >= 0.3 is 0 Å². The van der Waals surface area contributed by atoms with Crippen LogP contribution in [0.3, 0.4) is 0 Å². The van der Waals surface area contributed by atoms with Gasteiger partial charge in [-0.3, -0.25) is 14.7 Å². The molecular formula is C24H31N3O2. The highest BCUT2D eigenvalue weighted by Gasteiger charge is 2.39. The predicted octanol–water partition coefficient (Wildman–Crippen LogP) is 3.45. The van der Waals surface area contributed by atoms with Gasteiger partial charge in [-0.2, -0.15) is 0 Å². The monoisotopic (exact) mass is 393 g/mol. The molecule has 5 nitrogen and oxygen atoms in total. The van der Waals surface area contributed by atoms with Crippen molar-refractivity contribution in [1.29, 1.82) is 0 Å². The fourth-order valence-corrected chi connectivity index (χ4v) is 4.73. The number of hydrogen-bond donors (Lipinski definition) is 0. The van der Waals surface area contributed by atoms with E-state index in [0.717, 1.165) is 75.5 Å². The van der Waals surface area contributed by atoms with Gasteiger partial charge in [-0.1, -0.05) is 17.2 Å². The number of rotatable bonds is 3. The number of aryl methyl sites for hydroxylation is 2. The van der Waals surface area contributed by atoms with Crippen LogP contribution in [-0.4, -0.2) is 60.1 Å². The maximum absolute atomic E-state index is 13.0. The maximum atomic E-state index is 13.0. The van der Waals surface area contributed by atoms with Crippen LogP contribution in [-0.2, 0) is 11.3 Å². The van der Waals surface area contributed by atoms with Crippen molar-refractivity contribution in [3.8, 4) is 0 Å². The number of hydrogen-bond acceptors (Lipinski definition) is 4. The molecule has 0 N–H and O–H groups in total. The number of pyridine rings is 1. The number of carbonyl (C=O) groups excluding carboxylic acids is 1. The Balaban J connectivity index is 1.40. The largest absolute Gasteiger partial charge is 0.379 e. The van der Waals surface area contributed by atoms with Crippen LogP contribution in [0.4, 0.5) is 0 Å². The van der Waals surface area contributed by atoms with Crippen LogP contribution in [0, 0.1) is 19.3 Å². The number of carbonyl (C=O) groups is 1. The summed E-state index contributed by atoms with van der Waals surface area (Å²) in [4.78, 5) is 21.7. The number of amides is 1. The number of nitrogens with zero attached hydrogens (tertiary/aromatic N) is 3. The molecule has 3 heterocycles. The second-order valence-corrected chi connectivity index (χ2v) is 8.79. The standard InChI is InChI=1S/C24H31N3O2/c1-19-13-20(2)15-22(14-19)23(28)27-9-5-24(6-10-27)17-26(11-12-29-18-24)16-21-3-7-25-8-4-21/h3-4,7-8,13-15H,5-6,9-12,16-18H2,1-2H3. The molecular weight excluding hydrogens is 362 g/mol. The molecule has 2 fully saturated rings. The summed E-state index contributed by atoms with van der Waals surface area (Å²) < 4.78 is 6.01. The highest BCUT2D eigenvalue weighted by Crippen LogP contribution is 2.35. The number of aromatic nitrogens is 1. The molecule has 0 unspecified atom stereocenters. The van der Waals surface area contributed by atoms with Crippen molar-refractivity contribution in [2.75, 3.05) is 39.4 Å². The van der Waals surface area contributed by atoms with Crippen LogP contribution in [0.1, 0.15) is 39.9 Å². The minimum Gasteiger partial charge on any atom is -0.379 e. The van der Waals surface area contributed by atoms with E-state index in [9.17, 15) is 4.79 Å². The van der Waals surface area contributed by atoms with Gasteiger partial charge in [0, 0.05) is 56.1 Å². The van der Waals surface area contributed by atoms with Gasteiger partial charge in [0.25, 0.3) is 5.91 Å². The Morgan fingerprint density at radius 3 is 2.45 bits per heavy atom. The van der Waals surface area contributed by atoms with Crippen LogP contribution < -0.4 is 0 Å². The first-order valence-corrected chi connectivity index (χ1v) is 10.6. The maximum Gasteiger partial charge on any atom is 0.253 e. The molecule has 0 radical (unpaired) electrons. The number of ether oxygens (including phenoxy) is 1. The molecule has 1 aromatic carbocycles. The second-order valence-electron chi connectivity index (χ2n) is 8.79. The lowest BCUT2D eigenvalue weighted by atomic mass is 9.78. The molecule has 2 saturated heterocycles. The van der Waals surface area contributed by atoms with Crippen molar-refractivity contribution in [2.24, 2.45) is 5.41 Å². The van der Waals surface area contributed by atoms with Gasteiger partial charge in [-0.05, 0) is 56.5 Å². The molecule has 2 aromatic rings. The number of likely N-dealkylation sites (tertiary alicyclic amines) is 1. The zero-order valence-corrected chi connectivity index (χ0v) is 17.6. The summed E-state index contributed by atoms with van der Waals surface area (Å²) in [6.45, 7) is 10.2. The van der Waals surface area contributed by atoms with Crippen LogP contribution in [0.2, 0.25) is 0 Å². The zero-order valence-electron chi connectivity index (χ0n) is 17.6. The first-order valence-electron chi connectivity index (χ1n) is 10.6. The van der Waals surface area contributed by atoms with E-state index in [1.807, 2.05) is 29.4 Å². The van der Waals surface area contributed by atoms with Crippen LogP contribution in [0.5, 0.6) is 0 Å². The van der Waals surface area contributed by atoms with Crippen molar-refractivity contribution >= 4 is 5.91 Å². The fraction of sp³-hybridized carbons (Fsp3) is 0.500. The quantitative estimate of drug-likeness (QED) is 0.801. The molecule has 0 aliphatic carbocycles. The highest BCUT2D eigenvalue weighted by atomic mass is 16.5. The van der Waals surface area contributed by atoms with Gasteiger partial charge in [0.15, 0.2) is 0 Å². The van der Waals surface area contributed by atoms with Crippen LogP contribution >= 0.6 is 0 Å². The molecule has 0 bridgehead atoms. The highest BCUT2D eigenvalue weighted by molar-refractivity contribution is 5.94. The van der Waals surface area contributed by atoms with E-state index >= 15 is 0 Å². The Bertz CT molecular complexity index is 824. The summed E-state index contributed by atoms with van der Waals surface area (Å²) in [6.07, 6.45) is 5.71. The van der Waals surface area contributed by atoms with Gasteiger partial charge in [-0.25, -0.2) is 0 Å². The second kappa shape index (κ2) is 8.64. The Labute approximate surface area is 173 Å². The molecule has 29 heavy (non-hydrogen) atoms. The van der Waals surface area contributed by atoms with E-state index in [2.05, 4.69) is 41.9 Å². The SMILES string of the molecule is Cc1cc(C)cc(C(=O)N2CCC3(CC2)COCCN(Cc2ccncc2)C3)c1. The molecule has 154 valence electrons. The summed E-state index contributed by atoms with van der Waals surface area (Å²) >= 11 is 0. The van der Waals surface area contributed by atoms with Gasteiger partial charge in [0.1, 0.15) is 0 Å². The van der Waals surface area contributed by atoms with E-state index in [0.29, 0.717) is 0 Å². The Hall–Kier alpha value is -2.24. The van der Waals surface area contributed by atoms with Gasteiger partial charge in [0.2, 0.25) is 0 Å². The minimum absolute atomic E-state index is 0.142. The van der Waals surface area contributed by atoms with Gasteiger partial charge in [0.05, 0.1) is 13.2 Å². The fourth-order valence-electron chi connectivity index (χ4n) is 4.73. The van der Waals surface area contributed by atoms with Crippen LogP contribution in [0.25, 0.3) is 0 Å². The Morgan fingerprint density at radius 2 is 1.76 bits per heavy atom. The third-order valence-corrected chi connectivity index (χ3v) is 6.25. The van der Waals surface area contributed by atoms with E-state index < -0.39 is 0 Å². The molecule has 0 saturated carbocycles. The summed E-state index contributed by atoms with van der Waals surface area (Å²) in [5, 5.41) is 0. The molecule has 2 aliphatic rings. The lowest BCUT2D eigenvalue weighted by Crippen LogP contribution is -2.48. The smallest absolute Gasteiger partial charge is 0.253 e. The molecule has 5 heteroatoms. The average Bonchev–Trinajstić information content (AvgIpc) is 2.90. The third-order valence-electron chi connectivity index (χ3n) is 6.25. The summed E-state index contributed by atoms with van der Waals surface area (Å²) in [5.41, 5.74) is 4.54. The lowest BCUT2D eigenvalue weighted by molar-refractivity contribution is 0.0145. The Morgan fingerprint density at radius 1 is 1.07 bits per heavy atom. The molecule has 4 rings (SSSR count). The molecule has 1 aromatic heterocycles. The van der Waals surface area contributed by atoms with Crippen molar-refractivity contribution in [3.63, 3.8) is 0 Å². The summed E-state index contributed by atoms with van der Waals surface area (Å²) in [6, 6.07) is 10.3. The average molecular weight is 394 g/mol. The van der Waals surface area contributed by atoms with Crippen molar-refractivity contribution in [3.05, 3.63) is 65.0 Å². The van der Waals surface area contributed by atoms with Crippen molar-refractivity contribution < 1.29 is 9.53 Å². The predicted molar refractivity (Wildman–Crippen MR) is 114 cm³/mol. The van der Waals surface area contributed by atoms with E-state index in [1.54, 1.807) is 0 Å². The first kappa shape index (κ1) is 20.0. The van der Waals surface area contributed by atoms with E-state index in [-0.39, 0.29) is 11.3 Å².